The molecular formula is C15H15FN2O. The first kappa shape index (κ1) is 13.1. The van der Waals surface area contributed by atoms with Gasteiger partial charge in [0.05, 0.1) is 0 Å². The smallest absolute Gasteiger partial charge is 0.255 e. The van der Waals surface area contributed by atoms with Crippen molar-refractivity contribution in [2.45, 2.75) is 13.8 Å². The molecule has 0 saturated heterocycles. The summed E-state index contributed by atoms with van der Waals surface area (Å²) in [6.07, 6.45) is 0. The van der Waals surface area contributed by atoms with Crippen LogP contribution >= 0.6 is 0 Å². The second kappa shape index (κ2) is 5.10. The summed E-state index contributed by atoms with van der Waals surface area (Å²) in [6.45, 7) is 3.53. The van der Waals surface area contributed by atoms with E-state index in [1.54, 1.807) is 37.3 Å². The Kier molecular flexibility index (Phi) is 3.51. The number of amides is 1. The topological polar surface area (TPSA) is 55.1 Å². The number of nitrogens with two attached hydrogens (primary N) is 1. The molecular weight excluding hydrogens is 243 g/mol. The van der Waals surface area contributed by atoms with Gasteiger partial charge >= 0.3 is 0 Å². The van der Waals surface area contributed by atoms with Crippen LogP contribution in [0.25, 0.3) is 0 Å². The number of benzene rings is 2. The van der Waals surface area contributed by atoms with Crippen LogP contribution in [-0.4, -0.2) is 5.91 Å². The third kappa shape index (κ3) is 3.10. The maximum Gasteiger partial charge on any atom is 0.255 e. The molecule has 19 heavy (non-hydrogen) atoms. The molecule has 2 aromatic carbocycles. The number of halogens is 1. The van der Waals surface area contributed by atoms with Gasteiger partial charge < -0.3 is 11.1 Å². The minimum absolute atomic E-state index is 0.307. The number of carbonyl (C=O) groups is 1. The van der Waals surface area contributed by atoms with Crippen molar-refractivity contribution in [1.29, 1.82) is 0 Å². The first-order valence-electron chi connectivity index (χ1n) is 5.90. The Morgan fingerprint density at radius 2 is 1.89 bits per heavy atom. The van der Waals surface area contributed by atoms with Gasteiger partial charge in [-0.1, -0.05) is 6.07 Å². The first-order valence-corrected chi connectivity index (χ1v) is 5.90. The third-order valence-electron chi connectivity index (χ3n) is 2.79. The average Bonchev–Trinajstić information content (AvgIpc) is 2.32. The zero-order valence-corrected chi connectivity index (χ0v) is 10.8. The molecule has 0 spiro atoms. The van der Waals surface area contributed by atoms with E-state index in [0.29, 0.717) is 22.5 Å². The van der Waals surface area contributed by atoms with E-state index in [4.69, 9.17) is 5.73 Å². The van der Waals surface area contributed by atoms with Crippen molar-refractivity contribution in [1.82, 2.24) is 0 Å². The molecule has 0 aliphatic heterocycles. The summed E-state index contributed by atoms with van der Waals surface area (Å²) >= 11 is 0. The van der Waals surface area contributed by atoms with Crippen molar-refractivity contribution in [3.63, 3.8) is 0 Å². The zero-order valence-electron chi connectivity index (χ0n) is 10.8. The molecule has 0 aliphatic carbocycles. The van der Waals surface area contributed by atoms with Crippen LogP contribution < -0.4 is 11.1 Å². The first-order chi connectivity index (χ1) is 8.95. The van der Waals surface area contributed by atoms with Crippen LogP contribution in [0.3, 0.4) is 0 Å². The highest BCUT2D eigenvalue weighted by molar-refractivity contribution is 6.04. The Bertz CT molecular complexity index is 618. The molecule has 98 valence electrons. The van der Waals surface area contributed by atoms with Crippen molar-refractivity contribution in [2.75, 3.05) is 11.1 Å². The lowest BCUT2D eigenvalue weighted by Crippen LogP contribution is -2.12. The lowest BCUT2D eigenvalue weighted by atomic mass is 10.1. The van der Waals surface area contributed by atoms with Gasteiger partial charge in [-0.05, 0) is 55.3 Å². The zero-order chi connectivity index (χ0) is 14.0. The van der Waals surface area contributed by atoms with E-state index in [-0.39, 0.29) is 11.7 Å². The highest BCUT2D eigenvalue weighted by Gasteiger charge is 2.08. The van der Waals surface area contributed by atoms with Gasteiger partial charge in [-0.25, -0.2) is 4.39 Å². The number of nitrogens with one attached hydrogen (secondary N) is 1. The Labute approximate surface area is 111 Å². The minimum Gasteiger partial charge on any atom is -0.399 e. The number of aryl methyl sites for hydroxylation is 2. The van der Waals surface area contributed by atoms with Gasteiger partial charge in [-0.15, -0.1) is 0 Å². The fourth-order valence-electron chi connectivity index (χ4n) is 1.82. The van der Waals surface area contributed by atoms with Gasteiger partial charge in [0.15, 0.2) is 0 Å². The van der Waals surface area contributed by atoms with Crippen LogP contribution in [0, 0.1) is 19.7 Å². The second-order valence-electron chi connectivity index (χ2n) is 4.55. The summed E-state index contributed by atoms with van der Waals surface area (Å²) in [7, 11) is 0. The van der Waals surface area contributed by atoms with Gasteiger partial charge in [-0.2, -0.15) is 0 Å². The Morgan fingerprint density at radius 1 is 1.16 bits per heavy atom. The molecule has 0 aromatic heterocycles. The largest absolute Gasteiger partial charge is 0.399 e. The van der Waals surface area contributed by atoms with E-state index in [2.05, 4.69) is 5.32 Å². The predicted octanol–water partition coefficient (Wildman–Crippen LogP) is 3.28. The van der Waals surface area contributed by atoms with Crippen LogP contribution in [-0.2, 0) is 0 Å². The van der Waals surface area contributed by atoms with Gasteiger partial charge in [-0.3, -0.25) is 4.79 Å². The highest BCUT2D eigenvalue weighted by atomic mass is 19.1. The van der Waals surface area contributed by atoms with Crippen LogP contribution in [0.2, 0.25) is 0 Å². The lowest BCUT2D eigenvalue weighted by Gasteiger charge is -2.08. The predicted molar refractivity (Wildman–Crippen MR) is 74.7 cm³/mol. The summed E-state index contributed by atoms with van der Waals surface area (Å²) in [4.78, 5) is 12.0. The van der Waals surface area contributed by atoms with E-state index >= 15 is 0 Å². The fraction of sp³-hybridized carbons (Fsp3) is 0.133. The molecule has 3 N–H and O–H groups in total. The van der Waals surface area contributed by atoms with Gasteiger partial charge in [0, 0.05) is 16.9 Å². The summed E-state index contributed by atoms with van der Waals surface area (Å²) < 4.78 is 13.4. The molecule has 1 amide bonds. The summed E-state index contributed by atoms with van der Waals surface area (Å²) in [5.74, 6) is -0.653. The quantitative estimate of drug-likeness (QED) is 0.812. The molecule has 0 fully saturated rings. The molecule has 4 heteroatoms. The van der Waals surface area contributed by atoms with E-state index in [9.17, 15) is 9.18 Å². The number of hydrogen-bond acceptors (Lipinski definition) is 2. The molecule has 0 aliphatic rings. The van der Waals surface area contributed by atoms with Gasteiger partial charge in [0.1, 0.15) is 5.82 Å². The number of carbonyl (C=O) groups excluding carboxylic acids is 1. The minimum atomic E-state index is -0.346. The number of hydrogen-bond donors (Lipinski definition) is 2. The van der Waals surface area contributed by atoms with E-state index < -0.39 is 0 Å². The standard InChI is InChI=1S/C15H15FN2O/c1-9-5-11(7-12(17)6-9)15(19)18-13-4-3-10(2)14(16)8-13/h3-8H,17H2,1-2H3,(H,18,19). The number of anilines is 2. The number of rotatable bonds is 2. The van der Waals surface area contributed by atoms with E-state index in [1.165, 1.54) is 6.07 Å². The van der Waals surface area contributed by atoms with Crippen molar-refractivity contribution in [3.8, 4) is 0 Å². The van der Waals surface area contributed by atoms with Crippen molar-refractivity contribution in [3.05, 3.63) is 58.9 Å². The molecule has 0 heterocycles. The van der Waals surface area contributed by atoms with Gasteiger partial charge in [0.2, 0.25) is 0 Å². The summed E-state index contributed by atoms with van der Waals surface area (Å²) in [6, 6.07) is 9.68. The maximum atomic E-state index is 13.4. The number of nitrogen functional groups attached to an aromatic ring is 1. The summed E-state index contributed by atoms with van der Waals surface area (Å²) in [5, 5.41) is 2.65. The molecule has 0 radical (unpaired) electrons. The van der Waals surface area contributed by atoms with Crippen molar-refractivity contribution < 1.29 is 9.18 Å². The SMILES string of the molecule is Cc1cc(N)cc(C(=O)Nc2ccc(C)c(F)c2)c1. The Morgan fingerprint density at radius 3 is 2.53 bits per heavy atom. The fourth-order valence-corrected chi connectivity index (χ4v) is 1.82. The average molecular weight is 258 g/mol. The molecule has 2 rings (SSSR count). The molecule has 0 atom stereocenters. The second-order valence-corrected chi connectivity index (χ2v) is 4.55. The molecule has 0 saturated carbocycles. The Balaban J connectivity index is 2.22. The van der Waals surface area contributed by atoms with E-state index in [0.717, 1.165) is 5.56 Å². The molecule has 0 bridgehead atoms. The van der Waals surface area contributed by atoms with Gasteiger partial charge in [0.25, 0.3) is 5.91 Å². The highest BCUT2D eigenvalue weighted by Crippen LogP contribution is 2.16. The van der Waals surface area contributed by atoms with Crippen LogP contribution in [0.1, 0.15) is 21.5 Å². The molecule has 0 unspecified atom stereocenters. The van der Waals surface area contributed by atoms with Crippen LogP contribution in [0.5, 0.6) is 0 Å². The molecule has 3 nitrogen and oxygen atoms in total. The monoisotopic (exact) mass is 258 g/mol. The summed E-state index contributed by atoms with van der Waals surface area (Å²) in [5.41, 5.74) is 8.55. The van der Waals surface area contributed by atoms with Crippen molar-refractivity contribution >= 4 is 17.3 Å². The van der Waals surface area contributed by atoms with Crippen molar-refractivity contribution in [2.24, 2.45) is 0 Å². The Hall–Kier alpha value is -2.36. The maximum absolute atomic E-state index is 13.4. The lowest BCUT2D eigenvalue weighted by molar-refractivity contribution is 0.102. The van der Waals surface area contributed by atoms with Crippen LogP contribution in [0.4, 0.5) is 15.8 Å². The molecule has 2 aromatic rings. The van der Waals surface area contributed by atoms with E-state index in [1.807, 2.05) is 6.92 Å². The normalized spacial score (nSPS) is 10.3. The van der Waals surface area contributed by atoms with Crippen LogP contribution in [0.15, 0.2) is 36.4 Å². The third-order valence-corrected chi connectivity index (χ3v) is 2.79.